The normalized spacial score (nSPS) is 17.7. The Kier molecular flexibility index (Phi) is 4.88. The van der Waals surface area contributed by atoms with Gasteiger partial charge in [-0.05, 0) is 79.1 Å². The van der Waals surface area contributed by atoms with Crippen LogP contribution in [0.1, 0.15) is 37.3 Å². The third-order valence-corrected chi connectivity index (χ3v) is 4.47. The van der Waals surface area contributed by atoms with Gasteiger partial charge < -0.3 is 5.32 Å². The van der Waals surface area contributed by atoms with E-state index in [4.69, 9.17) is 11.6 Å². The summed E-state index contributed by atoms with van der Waals surface area (Å²) in [5, 5.41) is 4.24. The second-order valence-electron chi connectivity index (χ2n) is 4.41. The molecule has 1 N–H and O–H groups in total. The summed E-state index contributed by atoms with van der Waals surface area (Å²) in [6, 6.07) is 6.45. The van der Waals surface area contributed by atoms with Gasteiger partial charge in [0.2, 0.25) is 0 Å². The molecular formula is C14H17ClIN. The van der Waals surface area contributed by atoms with Crippen LogP contribution in [0.3, 0.4) is 0 Å². The lowest BCUT2D eigenvalue weighted by Crippen LogP contribution is -2.20. The van der Waals surface area contributed by atoms with E-state index in [-0.39, 0.29) is 0 Å². The molecule has 17 heavy (non-hydrogen) atoms. The molecule has 1 aliphatic carbocycles. The van der Waals surface area contributed by atoms with Crippen LogP contribution in [0.2, 0.25) is 5.02 Å². The van der Waals surface area contributed by atoms with Crippen LogP contribution in [0.4, 0.5) is 0 Å². The Morgan fingerprint density at radius 2 is 2.18 bits per heavy atom. The molecule has 0 bridgehead atoms. The van der Waals surface area contributed by atoms with Gasteiger partial charge in [0.1, 0.15) is 0 Å². The average Bonchev–Trinajstić information content (AvgIpc) is 2.36. The topological polar surface area (TPSA) is 12.0 Å². The lowest BCUT2D eigenvalue weighted by molar-refractivity contribution is 0.591. The zero-order valence-corrected chi connectivity index (χ0v) is 12.9. The second kappa shape index (κ2) is 6.21. The van der Waals surface area contributed by atoms with E-state index in [9.17, 15) is 0 Å². The van der Waals surface area contributed by atoms with E-state index >= 15 is 0 Å². The van der Waals surface area contributed by atoms with Gasteiger partial charge in [-0.25, -0.2) is 0 Å². The number of halogens is 2. The first kappa shape index (κ1) is 13.4. The van der Waals surface area contributed by atoms with Crippen LogP contribution in [-0.4, -0.2) is 7.05 Å². The number of hydrogen-bond acceptors (Lipinski definition) is 1. The molecule has 1 aromatic carbocycles. The third kappa shape index (κ3) is 3.24. The quantitative estimate of drug-likeness (QED) is 0.607. The molecule has 0 saturated carbocycles. The van der Waals surface area contributed by atoms with Crippen molar-refractivity contribution in [2.75, 3.05) is 7.05 Å². The van der Waals surface area contributed by atoms with Crippen molar-refractivity contribution >= 4 is 34.2 Å². The SMILES string of the molecule is CNC(C1=CCCCC1)c1cc(Cl)ccc1I. The van der Waals surface area contributed by atoms with E-state index < -0.39 is 0 Å². The number of hydrogen-bond donors (Lipinski definition) is 1. The fraction of sp³-hybridized carbons (Fsp3) is 0.429. The fourth-order valence-corrected chi connectivity index (χ4v) is 3.23. The summed E-state index contributed by atoms with van der Waals surface area (Å²) in [6.45, 7) is 0. The van der Waals surface area contributed by atoms with Gasteiger partial charge in [-0.15, -0.1) is 0 Å². The first-order valence-corrected chi connectivity index (χ1v) is 7.49. The third-order valence-electron chi connectivity index (χ3n) is 3.25. The van der Waals surface area contributed by atoms with Crippen molar-refractivity contribution in [3.63, 3.8) is 0 Å². The highest BCUT2D eigenvalue weighted by Crippen LogP contribution is 2.33. The number of likely N-dealkylation sites (N-methyl/N-ethyl adjacent to an activating group) is 1. The molecule has 2 rings (SSSR count). The minimum atomic E-state index is 0.320. The highest BCUT2D eigenvalue weighted by atomic mass is 127. The van der Waals surface area contributed by atoms with E-state index in [1.165, 1.54) is 40.4 Å². The van der Waals surface area contributed by atoms with E-state index in [1.54, 1.807) is 0 Å². The Balaban J connectivity index is 2.34. The van der Waals surface area contributed by atoms with Crippen molar-refractivity contribution in [2.45, 2.75) is 31.7 Å². The van der Waals surface area contributed by atoms with E-state index in [0.717, 1.165) is 5.02 Å². The monoisotopic (exact) mass is 361 g/mol. The molecule has 0 heterocycles. The zero-order chi connectivity index (χ0) is 12.3. The maximum absolute atomic E-state index is 6.11. The number of rotatable bonds is 3. The predicted molar refractivity (Wildman–Crippen MR) is 82.5 cm³/mol. The molecule has 0 amide bonds. The number of nitrogens with one attached hydrogen (secondary N) is 1. The molecule has 0 aromatic heterocycles. The van der Waals surface area contributed by atoms with Crippen molar-refractivity contribution < 1.29 is 0 Å². The summed E-state index contributed by atoms with van der Waals surface area (Å²) in [4.78, 5) is 0. The molecule has 0 spiro atoms. The maximum atomic E-state index is 6.11. The van der Waals surface area contributed by atoms with E-state index in [2.05, 4.69) is 46.1 Å². The molecule has 0 radical (unpaired) electrons. The summed E-state index contributed by atoms with van der Waals surface area (Å²) >= 11 is 8.49. The van der Waals surface area contributed by atoms with Crippen molar-refractivity contribution in [1.82, 2.24) is 5.32 Å². The smallest absolute Gasteiger partial charge is 0.0544 e. The molecule has 1 aromatic rings. The van der Waals surface area contributed by atoms with Gasteiger partial charge in [-0.3, -0.25) is 0 Å². The summed E-state index contributed by atoms with van der Waals surface area (Å²) in [5.74, 6) is 0. The Morgan fingerprint density at radius 1 is 1.35 bits per heavy atom. The Labute approximate surface area is 122 Å². The van der Waals surface area contributed by atoms with Crippen LogP contribution in [-0.2, 0) is 0 Å². The van der Waals surface area contributed by atoms with Gasteiger partial charge in [-0.2, -0.15) is 0 Å². The van der Waals surface area contributed by atoms with Crippen LogP contribution in [0.15, 0.2) is 29.8 Å². The van der Waals surface area contributed by atoms with Crippen molar-refractivity contribution in [3.8, 4) is 0 Å². The molecule has 0 saturated heterocycles. The standard InChI is InChI=1S/C14H17ClIN/c1-17-14(10-5-3-2-4-6-10)12-9-11(15)7-8-13(12)16/h5,7-9,14,17H,2-4,6H2,1H3. The lowest BCUT2D eigenvalue weighted by Gasteiger charge is -2.24. The summed E-state index contributed by atoms with van der Waals surface area (Å²) in [5.41, 5.74) is 2.81. The molecule has 1 aliphatic rings. The minimum absolute atomic E-state index is 0.320. The van der Waals surface area contributed by atoms with Gasteiger partial charge in [0.05, 0.1) is 6.04 Å². The van der Waals surface area contributed by atoms with Crippen LogP contribution in [0, 0.1) is 3.57 Å². The van der Waals surface area contributed by atoms with Crippen LogP contribution in [0.5, 0.6) is 0 Å². The Morgan fingerprint density at radius 3 is 2.82 bits per heavy atom. The number of benzene rings is 1. The van der Waals surface area contributed by atoms with Crippen molar-refractivity contribution in [1.29, 1.82) is 0 Å². The fourth-order valence-electron chi connectivity index (χ4n) is 2.40. The van der Waals surface area contributed by atoms with Crippen LogP contribution < -0.4 is 5.32 Å². The van der Waals surface area contributed by atoms with E-state index in [0.29, 0.717) is 6.04 Å². The summed E-state index contributed by atoms with van der Waals surface area (Å²) in [6.07, 6.45) is 7.44. The average molecular weight is 362 g/mol. The van der Waals surface area contributed by atoms with Gasteiger partial charge in [0.25, 0.3) is 0 Å². The van der Waals surface area contributed by atoms with Gasteiger partial charge in [0.15, 0.2) is 0 Å². The largest absolute Gasteiger partial charge is 0.310 e. The van der Waals surface area contributed by atoms with Crippen molar-refractivity contribution in [3.05, 3.63) is 44.0 Å². The molecule has 1 atom stereocenters. The van der Waals surface area contributed by atoms with Gasteiger partial charge >= 0.3 is 0 Å². The second-order valence-corrected chi connectivity index (χ2v) is 6.01. The number of allylic oxidation sites excluding steroid dienone is 1. The lowest BCUT2D eigenvalue weighted by atomic mass is 9.90. The summed E-state index contributed by atoms with van der Waals surface area (Å²) < 4.78 is 1.28. The van der Waals surface area contributed by atoms with Gasteiger partial charge in [0, 0.05) is 8.59 Å². The molecule has 92 valence electrons. The Hall–Kier alpha value is -0.0600. The maximum Gasteiger partial charge on any atom is 0.0544 e. The van der Waals surface area contributed by atoms with Crippen LogP contribution >= 0.6 is 34.2 Å². The molecular weight excluding hydrogens is 345 g/mol. The van der Waals surface area contributed by atoms with Crippen molar-refractivity contribution in [2.24, 2.45) is 0 Å². The molecule has 0 aliphatic heterocycles. The molecule has 1 nitrogen and oxygen atoms in total. The highest BCUT2D eigenvalue weighted by Gasteiger charge is 2.18. The first-order chi connectivity index (χ1) is 8.22. The molecule has 1 unspecified atom stereocenters. The van der Waals surface area contributed by atoms with Crippen LogP contribution in [0.25, 0.3) is 0 Å². The first-order valence-electron chi connectivity index (χ1n) is 6.03. The minimum Gasteiger partial charge on any atom is -0.310 e. The van der Waals surface area contributed by atoms with Gasteiger partial charge in [-0.1, -0.05) is 23.3 Å². The predicted octanol–water partition coefficient (Wildman–Crippen LogP) is 4.71. The zero-order valence-electron chi connectivity index (χ0n) is 9.97. The summed E-state index contributed by atoms with van der Waals surface area (Å²) in [7, 11) is 2.02. The molecule has 3 heteroatoms. The van der Waals surface area contributed by atoms with E-state index in [1.807, 2.05) is 13.1 Å². The Bertz CT molecular complexity index is 428. The molecule has 0 fully saturated rings. The highest BCUT2D eigenvalue weighted by molar-refractivity contribution is 14.1.